The van der Waals surface area contributed by atoms with Crippen LogP contribution in [0.2, 0.25) is 0 Å². The number of hydrogen-bond acceptors (Lipinski definition) is 6. The molecule has 6 nitrogen and oxygen atoms in total. The van der Waals surface area contributed by atoms with Gasteiger partial charge in [-0.15, -0.1) is 0 Å². The summed E-state index contributed by atoms with van der Waals surface area (Å²) in [6, 6.07) is 8.64. The molecule has 0 radical (unpaired) electrons. The maximum atomic E-state index is 12.2. The van der Waals surface area contributed by atoms with Crippen molar-refractivity contribution in [1.29, 1.82) is 0 Å². The van der Waals surface area contributed by atoms with Gasteiger partial charge in [-0.3, -0.25) is 4.79 Å². The summed E-state index contributed by atoms with van der Waals surface area (Å²) in [5.41, 5.74) is -0.454. The predicted octanol–water partition coefficient (Wildman–Crippen LogP) is 2.56. The van der Waals surface area contributed by atoms with Gasteiger partial charge in [-0.25, -0.2) is 4.79 Å². The zero-order valence-corrected chi connectivity index (χ0v) is 14.2. The highest BCUT2D eigenvalue weighted by Gasteiger charge is 2.39. The van der Waals surface area contributed by atoms with Gasteiger partial charge in [-0.05, 0) is 32.9 Å². The van der Waals surface area contributed by atoms with Crippen molar-refractivity contribution in [2.75, 3.05) is 13.7 Å². The number of carbonyl (C=O) groups excluding carboxylic acids is 2. The molecule has 2 rings (SSSR count). The average Bonchev–Trinajstić information content (AvgIpc) is 3.02. The normalized spacial score (nSPS) is 24.3. The molecule has 1 saturated heterocycles. The number of hydrogen-bond donors (Lipinski definition) is 0. The minimum Gasteiger partial charge on any atom is -0.462 e. The van der Waals surface area contributed by atoms with Crippen molar-refractivity contribution in [3.8, 4) is 0 Å². The first kappa shape index (κ1) is 16.9. The summed E-state index contributed by atoms with van der Waals surface area (Å²) in [5.74, 6) is -0.950. The Hall–Kier alpha value is -1.92. The first-order chi connectivity index (χ1) is 11.9. The average molecular weight is 337 g/mol. The van der Waals surface area contributed by atoms with Crippen LogP contribution in [0.4, 0.5) is 0 Å². The number of methoxy groups -OCH3 is 1. The van der Waals surface area contributed by atoms with E-state index >= 15 is 0 Å². The Morgan fingerprint density at radius 3 is 2.67 bits per heavy atom. The molecular weight excluding hydrogens is 312 g/mol. The number of carbonyl (C=O) groups is 2. The lowest BCUT2D eigenvalue weighted by molar-refractivity contribution is -0.165. The van der Waals surface area contributed by atoms with E-state index in [4.69, 9.17) is 20.3 Å². The molecule has 132 valence electrons. The molecule has 0 spiro atoms. The zero-order chi connectivity index (χ0) is 18.4. The first-order valence-corrected chi connectivity index (χ1v) is 7.78. The van der Waals surface area contributed by atoms with Crippen LogP contribution in [0.5, 0.6) is 0 Å². The van der Waals surface area contributed by atoms with Crippen molar-refractivity contribution in [3.63, 3.8) is 0 Å². The smallest absolute Gasteiger partial charge is 0.338 e. The van der Waals surface area contributed by atoms with E-state index < -0.39 is 35.9 Å². The maximum absolute atomic E-state index is 12.2. The molecule has 3 atom stereocenters. The molecule has 1 fully saturated rings. The lowest BCUT2D eigenvalue weighted by atomic mass is 9.97. The quantitative estimate of drug-likeness (QED) is 0.769. The number of rotatable bonds is 5. The Bertz CT molecular complexity index is 588. The zero-order valence-electron chi connectivity index (χ0n) is 15.2. The van der Waals surface area contributed by atoms with E-state index in [1.54, 1.807) is 38.1 Å². The highest BCUT2D eigenvalue weighted by atomic mass is 16.7. The van der Waals surface area contributed by atoms with E-state index in [0.717, 1.165) is 0 Å². The van der Waals surface area contributed by atoms with Gasteiger partial charge in [0.1, 0.15) is 18.8 Å². The van der Waals surface area contributed by atoms with Crippen molar-refractivity contribution in [3.05, 3.63) is 35.9 Å². The van der Waals surface area contributed by atoms with Gasteiger partial charge in [0.15, 0.2) is 6.29 Å². The highest BCUT2D eigenvalue weighted by molar-refractivity contribution is 5.89. The molecule has 0 aromatic heterocycles. The molecule has 0 saturated carbocycles. The van der Waals surface area contributed by atoms with Crippen LogP contribution < -0.4 is 0 Å². The van der Waals surface area contributed by atoms with Crippen LogP contribution in [-0.2, 0) is 23.7 Å². The van der Waals surface area contributed by atoms with E-state index in [-0.39, 0.29) is 13.5 Å². The van der Waals surface area contributed by atoms with Crippen molar-refractivity contribution >= 4 is 11.9 Å². The molecule has 1 aliphatic rings. The predicted molar refractivity (Wildman–Crippen MR) is 86.3 cm³/mol. The topological polar surface area (TPSA) is 71.1 Å². The Morgan fingerprint density at radius 2 is 2.04 bits per heavy atom. The molecule has 6 heteroatoms. The molecule has 0 aliphatic carbocycles. The molecule has 1 aliphatic heterocycles. The Balaban J connectivity index is 1.98. The molecule has 1 heterocycles. The SMILES string of the molecule is [2H]CC(C)(C)C(=O)OC[C@H]1OC(OC)C[C@H]1OC(=O)c1ccccc1. The first-order valence-electron chi connectivity index (χ1n) is 8.49. The molecule has 1 aromatic rings. The number of esters is 2. The minimum absolute atomic E-state index is 0.0607. The molecule has 0 bridgehead atoms. The third kappa shape index (κ3) is 4.79. The van der Waals surface area contributed by atoms with E-state index in [0.29, 0.717) is 12.0 Å². The summed E-state index contributed by atoms with van der Waals surface area (Å²) in [6.45, 7) is 3.14. The Kier molecular flexibility index (Phi) is 5.48. The summed E-state index contributed by atoms with van der Waals surface area (Å²) in [6.07, 6.45) is -1.35. The molecule has 0 N–H and O–H groups in total. The number of ether oxygens (including phenoxy) is 4. The van der Waals surface area contributed by atoms with Crippen LogP contribution in [0, 0.1) is 5.41 Å². The van der Waals surface area contributed by atoms with Crippen LogP contribution in [0.25, 0.3) is 0 Å². The van der Waals surface area contributed by atoms with Crippen LogP contribution in [0.15, 0.2) is 30.3 Å². The van der Waals surface area contributed by atoms with Crippen LogP contribution in [0.1, 0.15) is 38.9 Å². The van der Waals surface area contributed by atoms with E-state index in [1.807, 2.05) is 6.07 Å². The summed E-state index contributed by atoms with van der Waals surface area (Å²) in [7, 11) is 1.50. The van der Waals surface area contributed by atoms with Crippen LogP contribution >= 0.6 is 0 Å². The monoisotopic (exact) mass is 337 g/mol. The largest absolute Gasteiger partial charge is 0.462 e. The third-order valence-electron chi connectivity index (χ3n) is 3.63. The minimum atomic E-state index is -0.893. The van der Waals surface area contributed by atoms with E-state index in [9.17, 15) is 9.59 Å². The van der Waals surface area contributed by atoms with Crippen LogP contribution in [-0.4, -0.2) is 44.2 Å². The summed E-state index contributed by atoms with van der Waals surface area (Å²) < 4.78 is 29.0. The molecule has 1 unspecified atom stereocenters. The van der Waals surface area contributed by atoms with Gasteiger partial charge < -0.3 is 18.9 Å². The van der Waals surface area contributed by atoms with Crippen molar-refractivity contribution < 1.29 is 29.9 Å². The van der Waals surface area contributed by atoms with Gasteiger partial charge in [-0.2, -0.15) is 0 Å². The van der Waals surface area contributed by atoms with Gasteiger partial charge in [0.2, 0.25) is 0 Å². The van der Waals surface area contributed by atoms with E-state index in [2.05, 4.69) is 0 Å². The fourth-order valence-electron chi connectivity index (χ4n) is 2.23. The Morgan fingerprint density at radius 1 is 1.33 bits per heavy atom. The third-order valence-corrected chi connectivity index (χ3v) is 3.63. The van der Waals surface area contributed by atoms with Gasteiger partial charge in [0.25, 0.3) is 0 Å². The second-order valence-corrected chi connectivity index (χ2v) is 6.37. The highest BCUT2D eigenvalue weighted by Crippen LogP contribution is 2.26. The molecule has 1 aromatic carbocycles. The molecule has 24 heavy (non-hydrogen) atoms. The standard InChI is InChI=1S/C18H24O6/c1-18(2,3)17(20)22-11-14-13(10-15(21-4)23-14)24-16(19)12-8-6-5-7-9-12/h5-9,13-15H,10-11H2,1-4H3/t13-,14-,15?/m1/s1/i1D. The van der Waals surface area contributed by atoms with Crippen LogP contribution in [0.3, 0.4) is 0 Å². The second kappa shape index (κ2) is 7.77. The molecule has 0 amide bonds. The van der Waals surface area contributed by atoms with E-state index in [1.165, 1.54) is 7.11 Å². The van der Waals surface area contributed by atoms with Gasteiger partial charge in [-0.1, -0.05) is 18.2 Å². The van der Waals surface area contributed by atoms with Gasteiger partial charge >= 0.3 is 11.9 Å². The number of benzene rings is 1. The van der Waals surface area contributed by atoms with Gasteiger partial charge in [0.05, 0.1) is 11.0 Å². The van der Waals surface area contributed by atoms with Gasteiger partial charge in [0, 0.05) is 14.9 Å². The second-order valence-electron chi connectivity index (χ2n) is 6.37. The summed E-state index contributed by atoms with van der Waals surface area (Å²) >= 11 is 0. The molecular formula is C18H24O6. The summed E-state index contributed by atoms with van der Waals surface area (Å²) in [5, 5.41) is 0. The lowest BCUT2D eigenvalue weighted by Gasteiger charge is -2.21. The van der Waals surface area contributed by atoms with Crippen molar-refractivity contribution in [1.82, 2.24) is 0 Å². The van der Waals surface area contributed by atoms with Crippen molar-refractivity contribution in [2.24, 2.45) is 5.41 Å². The maximum Gasteiger partial charge on any atom is 0.338 e. The Labute approximate surface area is 143 Å². The summed E-state index contributed by atoms with van der Waals surface area (Å²) in [4.78, 5) is 24.3. The van der Waals surface area contributed by atoms with Crippen molar-refractivity contribution in [2.45, 2.75) is 45.7 Å². The fourth-order valence-corrected chi connectivity index (χ4v) is 2.23. The fraction of sp³-hybridized carbons (Fsp3) is 0.556. The lowest BCUT2D eigenvalue weighted by Crippen LogP contribution is -2.34.